The molecular weight excluding hydrogens is 386 g/mol. The number of benzene rings is 3. The average Bonchev–Trinajstić information content (AvgIpc) is 3.31. The lowest BCUT2D eigenvalue weighted by Gasteiger charge is -2.14. The smallest absolute Gasteiger partial charge is 0.338 e. The number of hydrogen-bond acceptors (Lipinski definition) is 4. The van der Waals surface area contributed by atoms with E-state index in [1.54, 1.807) is 13.0 Å². The van der Waals surface area contributed by atoms with Gasteiger partial charge in [0.05, 0.1) is 29.9 Å². The summed E-state index contributed by atoms with van der Waals surface area (Å²) in [4.78, 5) is 12.7. The molecule has 0 bridgehead atoms. The Kier molecular flexibility index (Phi) is 6.33. The van der Waals surface area contributed by atoms with Crippen LogP contribution < -0.4 is 4.74 Å². The van der Waals surface area contributed by atoms with Gasteiger partial charge < -0.3 is 9.47 Å². The number of hydrogen-bond donors (Lipinski definition) is 0. The zero-order valence-electron chi connectivity index (χ0n) is 17.6. The lowest BCUT2D eigenvalue weighted by Crippen LogP contribution is -2.11. The molecule has 0 atom stereocenters. The third kappa shape index (κ3) is 4.95. The van der Waals surface area contributed by atoms with Crippen molar-refractivity contribution in [3.63, 3.8) is 0 Å². The molecule has 4 rings (SSSR count). The minimum atomic E-state index is -0.363. The molecule has 0 aliphatic heterocycles. The lowest BCUT2D eigenvalue weighted by molar-refractivity contribution is -0.136. The zero-order valence-corrected chi connectivity index (χ0v) is 17.6. The van der Waals surface area contributed by atoms with E-state index in [2.05, 4.69) is 6.07 Å². The van der Waals surface area contributed by atoms with Gasteiger partial charge in [-0.2, -0.15) is 5.26 Å². The van der Waals surface area contributed by atoms with Crippen molar-refractivity contribution in [1.82, 2.24) is 0 Å². The van der Waals surface area contributed by atoms with Crippen LogP contribution in [0.4, 0.5) is 0 Å². The Morgan fingerprint density at radius 2 is 1.77 bits per heavy atom. The second-order valence-electron chi connectivity index (χ2n) is 7.76. The Bertz CT molecular complexity index is 1150. The van der Waals surface area contributed by atoms with Crippen molar-refractivity contribution in [2.75, 3.05) is 6.61 Å². The summed E-state index contributed by atoms with van der Waals surface area (Å²) in [6.07, 6.45) is 6.78. The Balaban J connectivity index is 1.66. The molecule has 0 unspecified atom stereocenters. The minimum absolute atomic E-state index is 0.293. The monoisotopic (exact) mass is 411 g/mol. The summed E-state index contributed by atoms with van der Waals surface area (Å²) in [6.45, 7) is 2.11. The van der Waals surface area contributed by atoms with Gasteiger partial charge in [-0.1, -0.05) is 30.3 Å². The fraction of sp³-hybridized carbons (Fsp3) is 0.259. The van der Waals surface area contributed by atoms with Crippen molar-refractivity contribution in [3.8, 4) is 11.8 Å². The van der Waals surface area contributed by atoms with E-state index in [-0.39, 0.29) is 5.97 Å². The topological polar surface area (TPSA) is 59.3 Å². The van der Waals surface area contributed by atoms with Crippen LogP contribution in [0.5, 0.6) is 5.75 Å². The maximum Gasteiger partial charge on any atom is 0.338 e. The Morgan fingerprint density at radius 1 is 1.03 bits per heavy atom. The first kappa shape index (κ1) is 20.7. The van der Waals surface area contributed by atoms with Gasteiger partial charge in [0.25, 0.3) is 0 Å². The lowest BCUT2D eigenvalue weighted by atomic mass is 10.00. The summed E-state index contributed by atoms with van der Waals surface area (Å²) < 4.78 is 11.4. The number of fused-ring (bicyclic) bond motifs is 1. The Morgan fingerprint density at radius 3 is 2.48 bits per heavy atom. The first-order chi connectivity index (χ1) is 15.2. The highest BCUT2D eigenvalue weighted by atomic mass is 16.5. The number of carbonyl (C=O) groups excluding carboxylic acids is 1. The van der Waals surface area contributed by atoms with Gasteiger partial charge in [0.1, 0.15) is 5.75 Å². The van der Waals surface area contributed by atoms with Crippen molar-refractivity contribution >= 4 is 28.4 Å². The first-order valence-electron chi connectivity index (χ1n) is 10.8. The molecule has 1 aliphatic carbocycles. The van der Waals surface area contributed by atoms with Crippen LogP contribution in [0.15, 0.2) is 60.7 Å². The third-order valence-electron chi connectivity index (χ3n) is 5.57. The summed E-state index contributed by atoms with van der Waals surface area (Å²) in [5.74, 6) is 0.464. The van der Waals surface area contributed by atoms with E-state index in [1.165, 1.54) is 12.8 Å². The van der Waals surface area contributed by atoms with Gasteiger partial charge in [-0.15, -0.1) is 0 Å². The van der Waals surface area contributed by atoms with Gasteiger partial charge in [-0.25, -0.2) is 4.79 Å². The number of ether oxygens (including phenoxy) is 2. The molecule has 156 valence electrons. The van der Waals surface area contributed by atoms with Gasteiger partial charge >= 0.3 is 5.97 Å². The summed E-state index contributed by atoms with van der Waals surface area (Å²) in [5.41, 5.74) is 2.75. The summed E-state index contributed by atoms with van der Waals surface area (Å²) in [6, 6.07) is 21.3. The van der Waals surface area contributed by atoms with E-state index in [9.17, 15) is 10.1 Å². The normalized spacial score (nSPS) is 14.4. The molecule has 0 spiro atoms. The van der Waals surface area contributed by atoms with Crippen LogP contribution in [0.2, 0.25) is 0 Å². The summed E-state index contributed by atoms with van der Waals surface area (Å²) in [5, 5.41) is 11.2. The predicted molar refractivity (Wildman–Crippen MR) is 122 cm³/mol. The number of carbonyl (C=O) groups is 1. The van der Waals surface area contributed by atoms with E-state index < -0.39 is 0 Å². The van der Waals surface area contributed by atoms with Crippen LogP contribution in [0.3, 0.4) is 0 Å². The highest BCUT2D eigenvalue weighted by Gasteiger charge is 2.17. The van der Waals surface area contributed by atoms with Gasteiger partial charge in [-0.3, -0.25) is 0 Å². The Labute approximate surface area is 182 Å². The largest absolute Gasteiger partial charge is 0.490 e. The van der Waals surface area contributed by atoms with Crippen LogP contribution in [-0.2, 0) is 9.53 Å². The highest BCUT2D eigenvalue weighted by molar-refractivity contribution is 6.21. The molecule has 0 amide bonds. The summed E-state index contributed by atoms with van der Waals surface area (Å²) >= 11 is 0. The average molecular weight is 412 g/mol. The molecule has 0 aromatic heterocycles. The van der Waals surface area contributed by atoms with Crippen molar-refractivity contribution in [1.29, 1.82) is 5.26 Å². The van der Waals surface area contributed by atoms with Crippen molar-refractivity contribution < 1.29 is 14.3 Å². The van der Waals surface area contributed by atoms with Gasteiger partial charge in [0, 0.05) is 0 Å². The zero-order chi connectivity index (χ0) is 21.6. The Hall–Kier alpha value is -3.58. The van der Waals surface area contributed by atoms with Gasteiger partial charge in [0.15, 0.2) is 0 Å². The van der Waals surface area contributed by atoms with E-state index in [1.807, 2.05) is 60.7 Å². The molecule has 1 saturated carbocycles. The molecular formula is C27H25NO3. The molecule has 0 saturated heterocycles. The van der Waals surface area contributed by atoms with Gasteiger partial charge in [0.2, 0.25) is 0 Å². The first-order valence-corrected chi connectivity index (χ1v) is 10.8. The number of nitriles is 1. The van der Waals surface area contributed by atoms with Crippen LogP contribution in [-0.4, -0.2) is 18.7 Å². The van der Waals surface area contributed by atoms with Crippen LogP contribution in [0, 0.1) is 11.3 Å². The van der Waals surface area contributed by atoms with E-state index in [4.69, 9.17) is 9.47 Å². The quantitative estimate of drug-likeness (QED) is 0.278. The number of rotatable bonds is 6. The maximum absolute atomic E-state index is 12.7. The van der Waals surface area contributed by atoms with Crippen molar-refractivity contribution in [2.24, 2.45) is 0 Å². The van der Waals surface area contributed by atoms with Crippen LogP contribution in [0.1, 0.15) is 49.3 Å². The minimum Gasteiger partial charge on any atom is -0.490 e. The second kappa shape index (κ2) is 9.49. The van der Waals surface area contributed by atoms with Crippen molar-refractivity contribution in [3.05, 3.63) is 77.4 Å². The van der Waals surface area contributed by atoms with Crippen molar-refractivity contribution in [2.45, 2.75) is 38.7 Å². The van der Waals surface area contributed by atoms with E-state index in [0.717, 1.165) is 40.5 Å². The molecule has 4 nitrogen and oxygen atoms in total. The molecule has 3 aromatic rings. The molecule has 3 aromatic carbocycles. The molecule has 31 heavy (non-hydrogen) atoms. The predicted octanol–water partition coefficient (Wildman–Crippen LogP) is 6.14. The number of esters is 1. The standard InChI is InChI=1S/C27H25NO3/c1-2-30-27(29)26(22-11-13-25(14-12-22)31-24-5-3-4-6-24)17-19-7-9-21-10-8-20(18-28)16-23(21)15-19/h7-17,24H,2-6H2,1H3/b26-17-. The molecule has 1 aliphatic rings. The molecule has 0 radical (unpaired) electrons. The third-order valence-corrected chi connectivity index (χ3v) is 5.57. The second-order valence-corrected chi connectivity index (χ2v) is 7.76. The van der Waals surface area contributed by atoms with Crippen LogP contribution in [0.25, 0.3) is 22.4 Å². The fourth-order valence-corrected chi connectivity index (χ4v) is 3.97. The summed E-state index contributed by atoms with van der Waals surface area (Å²) in [7, 11) is 0. The van der Waals surface area contributed by atoms with Gasteiger partial charge in [-0.05, 0) is 90.9 Å². The van der Waals surface area contributed by atoms with E-state index >= 15 is 0 Å². The highest BCUT2D eigenvalue weighted by Crippen LogP contribution is 2.27. The molecule has 0 N–H and O–H groups in total. The molecule has 0 heterocycles. The molecule has 1 fully saturated rings. The number of nitrogens with zero attached hydrogens (tertiary/aromatic N) is 1. The molecule has 4 heteroatoms. The van der Waals surface area contributed by atoms with E-state index in [0.29, 0.717) is 23.8 Å². The fourth-order valence-electron chi connectivity index (χ4n) is 3.97. The van der Waals surface area contributed by atoms with Crippen LogP contribution >= 0.6 is 0 Å². The maximum atomic E-state index is 12.7. The SMILES string of the molecule is CCOC(=O)/C(=C\c1ccc2ccc(C#N)cc2c1)c1ccc(OC2CCCC2)cc1.